The van der Waals surface area contributed by atoms with E-state index in [4.69, 9.17) is 0 Å². The predicted molar refractivity (Wildman–Crippen MR) is 79.5 cm³/mol. The highest BCUT2D eigenvalue weighted by molar-refractivity contribution is 5.10. The molecule has 0 aliphatic heterocycles. The third-order valence-electron chi connectivity index (χ3n) is 3.50. The van der Waals surface area contributed by atoms with Gasteiger partial charge in [0, 0.05) is 30.9 Å². The number of hydrogen-bond acceptors (Lipinski definition) is 4. The Hall–Kier alpha value is -1.75. The minimum absolute atomic E-state index is 0.352. The molecule has 5 heteroatoms. The molecule has 0 radical (unpaired) electrons. The molecule has 1 unspecified atom stereocenters. The molecular weight excluding hydrogens is 250 g/mol. The normalized spacial score (nSPS) is 12.8. The van der Waals surface area contributed by atoms with Crippen LogP contribution in [-0.4, -0.2) is 32.8 Å². The lowest BCUT2D eigenvalue weighted by atomic mass is 10.0. The van der Waals surface area contributed by atoms with Crippen LogP contribution in [0.2, 0.25) is 0 Å². The smallest absolute Gasteiger partial charge is 0.138 e. The molecule has 0 fully saturated rings. The van der Waals surface area contributed by atoms with Crippen LogP contribution in [0.15, 0.2) is 30.9 Å². The summed E-state index contributed by atoms with van der Waals surface area (Å²) in [7, 11) is 2.01. The van der Waals surface area contributed by atoms with Crippen LogP contribution < -0.4 is 5.32 Å². The van der Waals surface area contributed by atoms with Crippen molar-refractivity contribution in [3.8, 4) is 0 Å². The fourth-order valence-corrected chi connectivity index (χ4v) is 2.31. The molecule has 20 heavy (non-hydrogen) atoms. The number of nitrogens with one attached hydrogen (secondary N) is 1. The summed E-state index contributed by atoms with van der Waals surface area (Å²) in [6.45, 7) is 4.26. The largest absolute Gasteiger partial charge is 0.317 e. The fraction of sp³-hybridized carbons (Fsp3) is 0.533. The Labute approximate surface area is 120 Å². The molecule has 0 bridgehead atoms. The van der Waals surface area contributed by atoms with Gasteiger partial charge in [-0.1, -0.05) is 0 Å². The van der Waals surface area contributed by atoms with E-state index in [9.17, 15) is 0 Å². The van der Waals surface area contributed by atoms with Crippen molar-refractivity contribution < 1.29 is 0 Å². The molecule has 2 rings (SSSR count). The Morgan fingerprint density at radius 1 is 1.25 bits per heavy atom. The van der Waals surface area contributed by atoms with Gasteiger partial charge in [-0.25, -0.2) is 9.67 Å². The molecule has 2 heterocycles. The van der Waals surface area contributed by atoms with Crippen molar-refractivity contribution in [3.05, 3.63) is 42.2 Å². The Kier molecular flexibility index (Phi) is 5.24. The van der Waals surface area contributed by atoms with Crippen LogP contribution in [0.1, 0.15) is 37.7 Å². The first-order chi connectivity index (χ1) is 9.70. The van der Waals surface area contributed by atoms with Gasteiger partial charge in [0.15, 0.2) is 0 Å². The summed E-state index contributed by atoms with van der Waals surface area (Å²) in [6, 6.07) is 4.90. The van der Waals surface area contributed by atoms with E-state index >= 15 is 0 Å². The lowest BCUT2D eigenvalue weighted by Crippen LogP contribution is -2.29. The monoisotopic (exact) mass is 273 g/mol. The van der Waals surface area contributed by atoms with Crippen LogP contribution in [0.4, 0.5) is 0 Å². The predicted octanol–water partition coefficient (Wildman–Crippen LogP) is 2.02. The first-order valence-corrected chi connectivity index (χ1v) is 7.15. The van der Waals surface area contributed by atoms with Crippen molar-refractivity contribution in [1.29, 1.82) is 0 Å². The highest BCUT2D eigenvalue weighted by Crippen LogP contribution is 2.11. The molecule has 0 spiro atoms. The Morgan fingerprint density at radius 2 is 2.00 bits per heavy atom. The lowest BCUT2D eigenvalue weighted by Gasteiger charge is -2.17. The quantitative estimate of drug-likeness (QED) is 0.838. The van der Waals surface area contributed by atoms with E-state index < -0.39 is 0 Å². The second kappa shape index (κ2) is 7.14. The van der Waals surface area contributed by atoms with Crippen LogP contribution in [-0.2, 0) is 12.8 Å². The highest BCUT2D eigenvalue weighted by Gasteiger charge is 2.13. The van der Waals surface area contributed by atoms with Gasteiger partial charge in [0.25, 0.3) is 0 Å². The third kappa shape index (κ3) is 3.87. The minimum Gasteiger partial charge on any atom is -0.317 e. The molecule has 0 saturated carbocycles. The van der Waals surface area contributed by atoms with Gasteiger partial charge in [-0.2, -0.15) is 5.10 Å². The van der Waals surface area contributed by atoms with Gasteiger partial charge in [-0.05, 0) is 51.4 Å². The molecule has 5 nitrogen and oxygen atoms in total. The number of aromatic nitrogens is 4. The van der Waals surface area contributed by atoms with Crippen molar-refractivity contribution in [3.63, 3.8) is 0 Å². The van der Waals surface area contributed by atoms with Crippen molar-refractivity contribution in [2.75, 3.05) is 7.05 Å². The molecule has 0 aliphatic rings. The van der Waals surface area contributed by atoms with Gasteiger partial charge >= 0.3 is 0 Å². The summed E-state index contributed by atoms with van der Waals surface area (Å²) in [5.41, 5.74) is 1.32. The maximum absolute atomic E-state index is 4.38. The second-order valence-corrected chi connectivity index (χ2v) is 5.30. The van der Waals surface area contributed by atoms with Crippen LogP contribution in [0.5, 0.6) is 0 Å². The summed E-state index contributed by atoms with van der Waals surface area (Å²) in [5.74, 6) is 1.05. The molecule has 0 amide bonds. The van der Waals surface area contributed by atoms with Crippen LogP contribution in [0.25, 0.3) is 0 Å². The number of aryl methyl sites for hydroxylation is 1. The average Bonchev–Trinajstić information content (AvgIpc) is 2.93. The number of pyridine rings is 1. The molecular formula is C15H23N5. The average molecular weight is 273 g/mol. The van der Waals surface area contributed by atoms with E-state index in [0.717, 1.165) is 25.1 Å². The van der Waals surface area contributed by atoms with Crippen molar-refractivity contribution in [2.45, 2.75) is 45.2 Å². The number of hydrogen-bond donors (Lipinski definition) is 1. The van der Waals surface area contributed by atoms with Gasteiger partial charge in [-0.3, -0.25) is 4.98 Å². The standard InChI is InChI=1S/C15H23N5/c1-12(2)20-15(18-11-19-20)10-14(16-3)5-4-13-6-8-17-9-7-13/h6-9,11-12,14,16H,4-5,10H2,1-3H3. The molecule has 1 atom stereocenters. The van der Waals surface area contributed by atoms with Gasteiger partial charge in [-0.15, -0.1) is 0 Å². The molecule has 0 saturated heterocycles. The molecule has 108 valence electrons. The summed E-state index contributed by atoms with van der Waals surface area (Å²) in [5, 5.41) is 7.67. The summed E-state index contributed by atoms with van der Waals surface area (Å²) >= 11 is 0. The van der Waals surface area contributed by atoms with Gasteiger partial charge < -0.3 is 5.32 Å². The molecule has 2 aromatic rings. The zero-order valence-electron chi connectivity index (χ0n) is 12.5. The fourth-order valence-electron chi connectivity index (χ4n) is 2.31. The number of likely N-dealkylation sites (N-methyl/N-ethyl adjacent to an activating group) is 1. The number of nitrogens with zero attached hydrogens (tertiary/aromatic N) is 4. The van der Waals surface area contributed by atoms with Crippen molar-refractivity contribution in [1.82, 2.24) is 25.1 Å². The maximum atomic E-state index is 4.38. The van der Waals surface area contributed by atoms with E-state index in [-0.39, 0.29) is 0 Å². The summed E-state index contributed by atoms with van der Waals surface area (Å²) in [4.78, 5) is 8.43. The zero-order chi connectivity index (χ0) is 14.4. The lowest BCUT2D eigenvalue weighted by molar-refractivity contribution is 0.458. The number of rotatable bonds is 7. The summed E-state index contributed by atoms with van der Waals surface area (Å²) in [6.07, 6.45) is 8.36. The molecule has 0 aliphatic carbocycles. The van der Waals surface area contributed by atoms with E-state index in [1.165, 1.54) is 5.56 Å². The van der Waals surface area contributed by atoms with Gasteiger partial charge in [0.05, 0.1) is 0 Å². The van der Waals surface area contributed by atoms with E-state index in [0.29, 0.717) is 12.1 Å². The van der Waals surface area contributed by atoms with Crippen LogP contribution >= 0.6 is 0 Å². The third-order valence-corrected chi connectivity index (χ3v) is 3.50. The van der Waals surface area contributed by atoms with Gasteiger partial charge in [0.1, 0.15) is 12.2 Å². The van der Waals surface area contributed by atoms with Crippen molar-refractivity contribution >= 4 is 0 Å². The second-order valence-electron chi connectivity index (χ2n) is 5.30. The van der Waals surface area contributed by atoms with Crippen molar-refractivity contribution in [2.24, 2.45) is 0 Å². The Bertz CT molecular complexity index is 506. The minimum atomic E-state index is 0.352. The first-order valence-electron chi connectivity index (χ1n) is 7.15. The highest BCUT2D eigenvalue weighted by atomic mass is 15.3. The van der Waals surface area contributed by atoms with E-state index in [1.54, 1.807) is 6.33 Å². The van der Waals surface area contributed by atoms with Gasteiger partial charge in [0.2, 0.25) is 0 Å². The topological polar surface area (TPSA) is 55.6 Å². The zero-order valence-corrected chi connectivity index (χ0v) is 12.5. The van der Waals surface area contributed by atoms with E-state index in [2.05, 4.69) is 46.4 Å². The van der Waals surface area contributed by atoms with Crippen LogP contribution in [0.3, 0.4) is 0 Å². The summed E-state index contributed by atoms with van der Waals surface area (Å²) < 4.78 is 2.00. The molecule has 2 aromatic heterocycles. The Morgan fingerprint density at radius 3 is 2.65 bits per heavy atom. The van der Waals surface area contributed by atoms with E-state index in [1.807, 2.05) is 24.1 Å². The SMILES string of the molecule is CNC(CCc1ccncc1)Cc1ncnn1C(C)C. The molecule has 0 aromatic carbocycles. The first kappa shape index (κ1) is 14.7. The Balaban J connectivity index is 1.93. The van der Waals surface area contributed by atoms with Crippen LogP contribution in [0, 0.1) is 0 Å². The molecule has 1 N–H and O–H groups in total. The maximum Gasteiger partial charge on any atom is 0.138 e.